The van der Waals surface area contributed by atoms with Crippen LogP contribution in [0.5, 0.6) is 0 Å². The fraction of sp³-hybridized carbons (Fsp3) is 0.423. The molecule has 1 aliphatic carbocycles. The maximum atomic E-state index is 12.9. The minimum absolute atomic E-state index is 0.347. The Morgan fingerprint density at radius 2 is 1.81 bits per heavy atom. The summed E-state index contributed by atoms with van der Waals surface area (Å²) in [5, 5.41) is 0.929. The molecule has 0 spiro atoms. The highest BCUT2D eigenvalue weighted by atomic mass is 16.4. The van der Waals surface area contributed by atoms with Gasteiger partial charge in [0.2, 0.25) is 0 Å². The van der Waals surface area contributed by atoms with Crippen molar-refractivity contribution in [1.29, 1.82) is 0 Å². The number of hydrogen-bond donors (Lipinski definition) is 0. The number of imidazole rings is 1. The van der Waals surface area contributed by atoms with Crippen LogP contribution in [-0.2, 0) is 0 Å². The number of benzene rings is 1. The summed E-state index contributed by atoms with van der Waals surface area (Å²) in [6.45, 7) is 6.24. The highest BCUT2D eigenvalue weighted by Crippen LogP contribution is 2.34. The molecule has 1 aliphatic heterocycles. The summed E-state index contributed by atoms with van der Waals surface area (Å²) in [6.07, 6.45) is 10.3. The molecule has 2 fully saturated rings. The zero-order valence-corrected chi connectivity index (χ0v) is 18.7. The molecule has 0 atom stereocenters. The van der Waals surface area contributed by atoms with Crippen LogP contribution < -0.4 is 5.63 Å². The second kappa shape index (κ2) is 7.55. The second-order valence-electron chi connectivity index (χ2n) is 9.46. The lowest BCUT2D eigenvalue weighted by atomic mass is 9.85. The molecular weight excluding hydrogens is 400 g/mol. The summed E-state index contributed by atoms with van der Waals surface area (Å²) in [6, 6.07) is 9.10. The quantitative estimate of drug-likeness (QED) is 0.437. The van der Waals surface area contributed by atoms with Crippen LogP contribution in [0.4, 0.5) is 0 Å². The number of fused-ring (bicyclic) bond motifs is 2. The maximum Gasteiger partial charge on any atom is 0.345 e. The molecule has 164 valence electrons. The predicted octanol–water partition coefficient (Wildman–Crippen LogP) is 4.85. The Bertz CT molecular complexity index is 1370. The highest BCUT2D eigenvalue weighted by molar-refractivity contribution is 5.82. The lowest BCUT2D eigenvalue weighted by molar-refractivity contribution is 0.0975. The SMILES string of the molecule is Cc1cn2cc(-c3cc4ccc(C5CCN(C6CCC6)CC5)cc4oc3=O)nc2c(C)n1. The summed E-state index contributed by atoms with van der Waals surface area (Å²) in [5.74, 6) is 0.540. The van der Waals surface area contributed by atoms with Crippen molar-refractivity contribution in [3.63, 3.8) is 0 Å². The van der Waals surface area contributed by atoms with Crippen molar-refractivity contribution in [2.24, 2.45) is 0 Å². The van der Waals surface area contributed by atoms with Gasteiger partial charge in [0.05, 0.1) is 22.6 Å². The van der Waals surface area contributed by atoms with E-state index in [-0.39, 0.29) is 5.63 Å². The van der Waals surface area contributed by atoms with Gasteiger partial charge in [-0.2, -0.15) is 0 Å². The number of piperidine rings is 1. The standard InChI is InChI=1S/C26H28N4O2/c1-16-14-30-15-23(28-25(30)17(2)27-16)22-12-20-7-6-19(13-24(20)32-26(22)31)18-8-10-29(11-9-18)21-4-3-5-21/h6-7,12-15,18,21H,3-5,8-11H2,1-2H3. The molecule has 6 nitrogen and oxygen atoms in total. The van der Waals surface area contributed by atoms with Crippen molar-refractivity contribution in [3.05, 3.63) is 64.0 Å². The number of likely N-dealkylation sites (tertiary alicyclic amines) is 1. The molecule has 2 aliphatic rings. The van der Waals surface area contributed by atoms with Gasteiger partial charge in [0.1, 0.15) is 5.58 Å². The highest BCUT2D eigenvalue weighted by Gasteiger charge is 2.29. The van der Waals surface area contributed by atoms with Crippen molar-refractivity contribution in [2.45, 2.75) is 57.9 Å². The van der Waals surface area contributed by atoms with Gasteiger partial charge in [0.25, 0.3) is 0 Å². The zero-order chi connectivity index (χ0) is 21.8. The molecule has 1 saturated heterocycles. The Balaban J connectivity index is 1.30. The average Bonchev–Trinajstić information content (AvgIpc) is 3.16. The van der Waals surface area contributed by atoms with Gasteiger partial charge in [0, 0.05) is 23.8 Å². The first kappa shape index (κ1) is 19.7. The Labute approximate surface area is 186 Å². The summed E-state index contributed by atoms with van der Waals surface area (Å²) < 4.78 is 7.71. The number of nitrogens with zero attached hydrogens (tertiary/aromatic N) is 4. The normalized spacial score (nSPS) is 18.4. The first-order valence-electron chi connectivity index (χ1n) is 11.7. The van der Waals surface area contributed by atoms with E-state index >= 15 is 0 Å². The van der Waals surface area contributed by atoms with Gasteiger partial charge in [-0.3, -0.25) is 4.98 Å². The molecule has 0 unspecified atom stereocenters. The monoisotopic (exact) mass is 428 g/mol. The van der Waals surface area contributed by atoms with E-state index in [0.717, 1.165) is 28.5 Å². The summed E-state index contributed by atoms with van der Waals surface area (Å²) in [7, 11) is 0. The average molecular weight is 429 g/mol. The molecule has 3 aromatic heterocycles. The molecular formula is C26H28N4O2. The van der Waals surface area contributed by atoms with E-state index in [2.05, 4.69) is 33.1 Å². The third-order valence-electron chi connectivity index (χ3n) is 7.35. The maximum absolute atomic E-state index is 12.9. The van der Waals surface area contributed by atoms with E-state index in [1.54, 1.807) is 0 Å². The number of hydrogen-bond acceptors (Lipinski definition) is 5. The number of aromatic nitrogens is 3. The van der Waals surface area contributed by atoms with E-state index in [9.17, 15) is 4.79 Å². The predicted molar refractivity (Wildman–Crippen MR) is 125 cm³/mol. The van der Waals surface area contributed by atoms with Crippen molar-refractivity contribution in [2.75, 3.05) is 13.1 Å². The molecule has 4 heterocycles. The minimum atomic E-state index is -0.347. The lowest BCUT2D eigenvalue weighted by Gasteiger charge is -2.41. The van der Waals surface area contributed by atoms with Gasteiger partial charge in [-0.25, -0.2) is 9.78 Å². The third kappa shape index (κ3) is 3.34. The van der Waals surface area contributed by atoms with Crippen LogP contribution in [0.1, 0.15) is 55.0 Å². The number of rotatable bonds is 3. The first-order chi connectivity index (χ1) is 15.5. The fourth-order valence-electron chi connectivity index (χ4n) is 5.34. The van der Waals surface area contributed by atoms with Crippen LogP contribution in [0.3, 0.4) is 0 Å². The summed E-state index contributed by atoms with van der Waals surface area (Å²) in [5.41, 5.74) is 5.21. The third-order valence-corrected chi connectivity index (χ3v) is 7.35. The van der Waals surface area contributed by atoms with Gasteiger partial charge in [-0.1, -0.05) is 18.6 Å². The summed E-state index contributed by atoms with van der Waals surface area (Å²) in [4.78, 5) is 24.7. The van der Waals surface area contributed by atoms with Gasteiger partial charge < -0.3 is 13.7 Å². The van der Waals surface area contributed by atoms with Gasteiger partial charge >= 0.3 is 5.63 Å². The molecule has 1 saturated carbocycles. The molecule has 6 rings (SSSR count). The Hall–Kier alpha value is -2.99. The van der Waals surface area contributed by atoms with E-state index in [1.807, 2.05) is 36.7 Å². The molecule has 6 heteroatoms. The van der Waals surface area contributed by atoms with Crippen molar-refractivity contribution >= 4 is 16.6 Å². The molecule has 0 bridgehead atoms. The molecule has 0 N–H and O–H groups in total. The van der Waals surface area contributed by atoms with Crippen molar-refractivity contribution in [3.8, 4) is 11.3 Å². The van der Waals surface area contributed by atoms with Gasteiger partial charge in [0.15, 0.2) is 5.65 Å². The van der Waals surface area contributed by atoms with Crippen LogP contribution in [-0.4, -0.2) is 38.4 Å². The van der Waals surface area contributed by atoms with Crippen LogP contribution in [0, 0.1) is 13.8 Å². The van der Waals surface area contributed by atoms with Crippen LogP contribution >= 0.6 is 0 Å². The fourth-order valence-corrected chi connectivity index (χ4v) is 5.34. The van der Waals surface area contributed by atoms with E-state index < -0.39 is 0 Å². The van der Waals surface area contributed by atoms with E-state index in [1.165, 1.54) is 50.8 Å². The van der Waals surface area contributed by atoms with E-state index in [4.69, 9.17) is 4.42 Å². The second-order valence-corrected chi connectivity index (χ2v) is 9.46. The minimum Gasteiger partial charge on any atom is -0.422 e. The van der Waals surface area contributed by atoms with Crippen molar-refractivity contribution < 1.29 is 4.42 Å². The van der Waals surface area contributed by atoms with Crippen LogP contribution in [0.2, 0.25) is 0 Å². The Morgan fingerprint density at radius 1 is 1.00 bits per heavy atom. The first-order valence-corrected chi connectivity index (χ1v) is 11.7. The smallest absolute Gasteiger partial charge is 0.345 e. The summed E-state index contributed by atoms with van der Waals surface area (Å²) >= 11 is 0. The zero-order valence-electron chi connectivity index (χ0n) is 18.7. The molecule has 0 amide bonds. The topological polar surface area (TPSA) is 63.6 Å². The van der Waals surface area contributed by atoms with Gasteiger partial charge in [-0.15, -0.1) is 0 Å². The Morgan fingerprint density at radius 3 is 2.56 bits per heavy atom. The van der Waals surface area contributed by atoms with Crippen LogP contribution in [0.15, 0.2) is 45.9 Å². The molecule has 1 aromatic carbocycles. The van der Waals surface area contributed by atoms with Crippen molar-refractivity contribution in [1.82, 2.24) is 19.3 Å². The lowest BCUT2D eigenvalue weighted by Crippen LogP contribution is -2.44. The molecule has 0 radical (unpaired) electrons. The number of aryl methyl sites for hydroxylation is 2. The Kier molecular flexibility index (Phi) is 4.65. The molecule has 32 heavy (non-hydrogen) atoms. The molecule has 4 aromatic rings. The van der Waals surface area contributed by atoms with Gasteiger partial charge in [-0.05, 0) is 76.2 Å². The largest absolute Gasteiger partial charge is 0.422 e. The van der Waals surface area contributed by atoms with E-state index in [0.29, 0.717) is 22.8 Å². The van der Waals surface area contributed by atoms with Crippen LogP contribution in [0.25, 0.3) is 27.9 Å².